The van der Waals surface area contributed by atoms with Crippen molar-refractivity contribution in [3.05, 3.63) is 0 Å². The Labute approximate surface area is 101 Å². The van der Waals surface area contributed by atoms with E-state index in [-0.39, 0.29) is 6.61 Å². The number of hydrogen-bond acceptors (Lipinski definition) is 3. The monoisotopic (exact) mass is 257 g/mol. The maximum Gasteiger partial charge on any atom is 0.411 e. The molecule has 0 heterocycles. The first-order valence-electron chi connectivity index (χ1n) is 5.85. The van der Waals surface area contributed by atoms with E-state index in [1.807, 2.05) is 0 Å². The normalized spacial score (nSPS) is 12.4. The standard InChI is InChI=1S/C11H22F3NO2/c1-10(2)3-6-16-7-4-15-5-8-17-9-11(12,13)14/h10,15H,3-9H2,1-2H3. The molecular weight excluding hydrogens is 235 g/mol. The van der Waals surface area contributed by atoms with Crippen molar-refractivity contribution >= 4 is 0 Å². The summed E-state index contributed by atoms with van der Waals surface area (Å²) in [4.78, 5) is 0. The Balaban J connectivity index is 3.04. The van der Waals surface area contributed by atoms with Crippen molar-refractivity contribution in [3.63, 3.8) is 0 Å². The largest absolute Gasteiger partial charge is 0.411 e. The summed E-state index contributed by atoms with van der Waals surface area (Å²) in [5, 5.41) is 2.94. The van der Waals surface area contributed by atoms with E-state index in [0.29, 0.717) is 25.6 Å². The molecule has 0 aliphatic carbocycles. The molecule has 0 amide bonds. The molecule has 0 unspecified atom stereocenters. The minimum atomic E-state index is -4.24. The zero-order valence-corrected chi connectivity index (χ0v) is 10.5. The van der Waals surface area contributed by atoms with Gasteiger partial charge in [0.25, 0.3) is 0 Å². The van der Waals surface area contributed by atoms with Crippen LogP contribution in [0.15, 0.2) is 0 Å². The van der Waals surface area contributed by atoms with Gasteiger partial charge in [0.2, 0.25) is 0 Å². The summed E-state index contributed by atoms with van der Waals surface area (Å²) >= 11 is 0. The molecular formula is C11H22F3NO2. The van der Waals surface area contributed by atoms with Crippen molar-refractivity contribution < 1.29 is 22.6 Å². The molecule has 0 aromatic rings. The molecule has 0 aromatic heterocycles. The van der Waals surface area contributed by atoms with Crippen molar-refractivity contribution in [1.29, 1.82) is 0 Å². The van der Waals surface area contributed by atoms with Crippen LogP contribution in [0.4, 0.5) is 13.2 Å². The first kappa shape index (κ1) is 16.7. The maximum atomic E-state index is 11.7. The lowest BCUT2D eigenvalue weighted by Gasteiger charge is -2.09. The van der Waals surface area contributed by atoms with E-state index >= 15 is 0 Å². The van der Waals surface area contributed by atoms with E-state index in [0.717, 1.165) is 13.0 Å². The predicted molar refractivity (Wildman–Crippen MR) is 60.0 cm³/mol. The van der Waals surface area contributed by atoms with Gasteiger partial charge in [-0.3, -0.25) is 0 Å². The van der Waals surface area contributed by atoms with E-state index in [9.17, 15) is 13.2 Å². The van der Waals surface area contributed by atoms with Crippen LogP contribution in [-0.2, 0) is 9.47 Å². The SMILES string of the molecule is CC(C)CCOCCNCCOCC(F)(F)F. The summed E-state index contributed by atoms with van der Waals surface area (Å²) in [7, 11) is 0. The van der Waals surface area contributed by atoms with Crippen LogP contribution < -0.4 is 5.32 Å². The van der Waals surface area contributed by atoms with E-state index in [2.05, 4.69) is 23.9 Å². The number of rotatable bonds is 10. The number of ether oxygens (including phenoxy) is 2. The van der Waals surface area contributed by atoms with Gasteiger partial charge >= 0.3 is 6.18 Å². The van der Waals surface area contributed by atoms with E-state index < -0.39 is 12.8 Å². The van der Waals surface area contributed by atoms with Crippen molar-refractivity contribution in [1.82, 2.24) is 5.32 Å². The fourth-order valence-electron chi connectivity index (χ4n) is 1.02. The van der Waals surface area contributed by atoms with Gasteiger partial charge in [0.05, 0.1) is 13.2 Å². The molecule has 6 heteroatoms. The molecule has 0 saturated carbocycles. The lowest BCUT2D eigenvalue weighted by molar-refractivity contribution is -0.173. The van der Waals surface area contributed by atoms with Crippen LogP contribution in [0.25, 0.3) is 0 Å². The van der Waals surface area contributed by atoms with Crippen LogP contribution in [0, 0.1) is 5.92 Å². The highest BCUT2D eigenvalue weighted by Crippen LogP contribution is 2.13. The first-order valence-corrected chi connectivity index (χ1v) is 5.85. The van der Waals surface area contributed by atoms with Gasteiger partial charge in [0, 0.05) is 19.7 Å². The Morgan fingerprint density at radius 1 is 1.00 bits per heavy atom. The second-order valence-corrected chi connectivity index (χ2v) is 4.21. The van der Waals surface area contributed by atoms with Crippen LogP contribution in [0.3, 0.4) is 0 Å². The average molecular weight is 257 g/mol. The molecule has 0 bridgehead atoms. The van der Waals surface area contributed by atoms with Gasteiger partial charge in [-0.25, -0.2) is 0 Å². The number of halogens is 3. The molecule has 0 fully saturated rings. The Morgan fingerprint density at radius 3 is 2.12 bits per heavy atom. The highest BCUT2D eigenvalue weighted by Gasteiger charge is 2.27. The fraction of sp³-hybridized carbons (Fsp3) is 1.00. The molecule has 0 saturated heterocycles. The molecule has 0 atom stereocenters. The quantitative estimate of drug-likeness (QED) is 0.609. The first-order chi connectivity index (χ1) is 7.92. The van der Waals surface area contributed by atoms with E-state index in [4.69, 9.17) is 4.74 Å². The zero-order valence-electron chi connectivity index (χ0n) is 10.5. The molecule has 17 heavy (non-hydrogen) atoms. The van der Waals surface area contributed by atoms with Crippen LogP contribution in [-0.4, -0.2) is 45.7 Å². The molecule has 104 valence electrons. The second kappa shape index (κ2) is 9.67. The number of nitrogens with one attached hydrogen (secondary N) is 1. The van der Waals surface area contributed by atoms with Crippen LogP contribution in [0.2, 0.25) is 0 Å². The molecule has 1 N–H and O–H groups in total. The summed E-state index contributed by atoms with van der Waals surface area (Å²) in [6.45, 7) is 5.47. The van der Waals surface area contributed by atoms with Gasteiger partial charge in [-0.1, -0.05) is 13.8 Å². The minimum absolute atomic E-state index is 0.0610. The van der Waals surface area contributed by atoms with Crippen molar-refractivity contribution in [2.75, 3.05) is 39.5 Å². The molecule has 0 aliphatic heterocycles. The predicted octanol–water partition coefficient (Wildman–Crippen LogP) is 2.22. The highest BCUT2D eigenvalue weighted by molar-refractivity contribution is 4.49. The summed E-state index contributed by atoms with van der Waals surface area (Å²) in [5.41, 5.74) is 0. The minimum Gasteiger partial charge on any atom is -0.380 e. The van der Waals surface area contributed by atoms with Gasteiger partial charge in [0.1, 0.15) is 6.61 Å². The molecule has 0 radical (unpaired) electrons. The molecule has 0 spiro atoms. The highest BCUT2D eigenvalue weighted by atomic mass is 19.4. The van der Waals surface area contributed by atoms with Gasteiger partial charge in [-0.05, 0) is 12.3 Å². The van der Waals surface area contributed by atoms with Crippen molar-refractivity contribution in [2.45, 2.75) is 26.4 Å². The zero-order chi connectivity index (χ0) is 13.1. The Morgan fingerprint density at radius 2 is 1.59 bits per heavy atom. The lowest BCUT2D eigenvalue weighted by atomic mass is 10.1. The Hall–Kier alpha value is -0.330. The van der Waals surface area contributed by atoms with Gasteiger partial charge in [-0.15, -0.1) is 0 Å². The van der Waals surface area contributed by atoms with Crippen molar-refractivity contribution in [2.24, 2.45) is 5.92 Å². The molecule has 0 aromatic carbocycles. The summed E-state index contributed by atoms with van der Waals surface area (Å²) in [6, 6.07) is 0. The summed E-state index contributed by atoms with van der Waals surface area (Å²) < 4.78 is 44.8. The topological polar surface area (TPSA) is 30.5 Å². The molecule has 3 nitrogen and oxygen atoms in total. The summed E-state index contributed by atoms with van der Waals surface area (Å²) in [6.07, 6.45) is -3.21. The smallest absolute Gasteiger partial charge is 0.380 e. The Kier molecular flexibility index (Phi) is 9.49. The third kappa shape index (κ3) is 15.7. The number of alkyl halides is 3. The maximum absolute atomic E-state index is 11.7. The van der Waals surface area contributed by atoms with Crippen LogP contribution in [0.1, 0.15) is 20.3 Å². The second-order valence-electron chi connectivity index (χ2n) is 4.21. The summed E-state index contributed by atoms with van der Waals surface area (Å²) in [5.74, 6) is 0.624. The van der Waals surface area contributed by atoms with Gasteiger partial charge < -0.3 is 14.8 Å². The fourth-order valence-corrected chi connectivity index (χ4v) is 1.02. The van der Waals surface area contributed by atoms with Crippen LogP contribution >= 0.6 is 0 Å². The van der Waals surface area contributed by atoms with Gasteiger partial charge in [0.15, 0.2) is 0 Å². The van der Waals surface area contributed by atoms with E-state index in [1.165, 1.54) is 0 Å². The lowest BCUT2D eigenvalue weighted by Crippen LogP contribution is -2.26. The molecule has 0 rings (SSSR count). The van der Waals surface area contributed by atoms with Crippen molar-refractivity contribution in [3.8, 4) is 0 Å². The molecule has 0 aliphatic rings. The third-order valence-electron chi connectivity index (χ3n) is 1.95. The average Bonchev–Trinajstić information content (AvgIpc) is 2.18. The van der Waals surface area contributed by atoms with Crippen LogP contribution in [0.5, 0.6) is 0 Å². The van der Waals surface area contributed by atoms with E-state index in [1.54, 1.807) is 0 Å². The Bertz CT molecular complexity index is 175. The van der Waals surface area contributed by atoms with Gasteiger partial charge in [-0.2, -0.15) is 13.2 Å². The number of hydrogen-bond donors (Lipinski definition) is 1. The third-order valence-corrected chi connectivity index (χ3v) is 1.95.